The van der Waals surface area contributed by atoms with Crippen molar-refractivity contribution in [1.29, 1.82) is 0 Å². The SMILES string of the molecule is O=C(c1cc(-c2ccc(Cl)s2)nc2ccccc12)N1CCCN(c2nccs2)CC1. The maximum absolute atomic E-state index is 13.6. The van der Waals surface area contributed by atoms with Crippen LogP contribution in [0.3, 0.4) is 0 Å². The number of amides is 1. The van der Waals surface area contributed by atoms with Gasteiger partial charge in [-0.25, -0.2) is 9.97 Å². The third-order valence-corrected chi connectivity index (χ3v) is 7.33. The van der Waals surface area contributed by atoms with Crippen molar-refractivity contribution in [2.75, 3.05) is 31.1 Å². The van der Waals surface area contributed by atoms with Gasteiger partial charge in [-0.2, -0.15) is 0 Å². The van der Waals surface area contributed by atoms with Crippen LogP contribution in [-0.4, -0.2) is 47.0 Å². The van der Waals surface area contributed by atoms with Gasteiger partial charge in [0.1, 0.15) is 0 Å². The van der Waals surface area contributed by atoms with Crippen LogP contribution < -0.4 is 4.90 Å². The summed E-state index contributed by atoms with van der Waals surface area (Å²) in [6.45, 7) is 3.11. The topological polar surface area (TPSA) is 49.3 Å². The Labute approximate surface area is 187 Å². The van der Waals surface area contributed by atoms with Gasteiger partial charge in [0.25, 0.3) is 5.91 Å². The fourth-order valence-electron chi connectivity index (χ4n) is 3.78. The molecule has 5 rings (SSSR count). The number of rotatable bonds is 3. The molecular weight excluding hydrogens is 436 g/mol. The summed E-state index contributed by atoms with van der Waals surface area (Å²) in [4.78, 5) is 28.0. The second kappa shape index (κ2) is 8.34. The van der Waals surface area contributed by atoms with Gasteiger partial charge in [-0.1, -0.05) is 29.8 Å². The first-order valence-corrected chi connectivity index (χ1v) is 11.9. The van der Waals surface area contributed by atoms with Gasteiger partial charge in [0.05, 0.1) is 26.0 Å². The fourth-order valence-corrected chi connectivity index (χ4v) is 5.49. The van der Waals surface area contributed by atoms with Crippen LogP contribution >= 0.6 is 34.3 Å². The number of nitrogens with zero attached hydrogens (tertiary/aromatic N) is 4. The molecule has 4 heterocycles. The standard InChI is InChI=1S/C22H19ClN4OS2/c23-20-7-6-19(30-20)18-14-16(15-4-1-2-5-17(15)25-18)21(28)26-9-3-10-27(12-11-26)22-24-8-13-29-22/h1-2,4-8,13-14H,3,9-12H2. The van der Waals surface area contributed by atoms with E-state index in [9.17, 15) is 4.79 Å². The van der Waals surface area contributed by atoms with Crippen LogP contribution in [0.4, 0.5) is 5.13 Å². The van der Waals surface area contributed by atoms with E-state index in [1.807, 2.05) is 58.9 Å². The predicted molar refractivity (Wildman–Crippen MR) is 125 cm³/mol. The molecule has 0 spiro atoms. The van der Waals surface area contributed by atoms with Crippen molar-refractivity contribution >= 4 is 56.2 Å². The van der Waals surface area contributed by atoms with Gasteiger partial charge >= 0.3 is 0 Å². The number of halogens is 1. The number of aromatic nitrogens is 2. The Morgan fingerprint density at radius 1 is 1.07 bits per heavy atom. The molecule has 0 aliphatic carbocycles. The molecule has 1 amide bonds. The second-order valence-corrected chi connectivity index (χ2v) is 9.71. The Morgan fingerprint density at radius 3 is 2.77 bits per heavy atom. The van der Waals surface area contributed by atoms with Crippen molar-refractivity contribution in [1.82, 2.24) is 14.9 Å². The third-order valence-electron chi connectivity index (χ3n) is 5.25. The van der Waals surface area contributed by atoms with Crippen LogP contribution in [0.25, 0.3) is 21.5 Å². The molecule has 1 fully saturated rings. The number of fused-ring (bicyclic) bond motifs is 1. The number of carbonyl (C=O) groups is 1. The number of anilines is 1. The summed E-state index contributed by atoms with van der Waals surface area (Å²) in [6.07, 6.45) is 2.75. The average molecular weight is 455 g/mol. The molecule has 4 aromatic rings. The van der Waals surface area contributed by atoms with Crippen molar-refractivity contribution in [3.05, 3.63) is 63.9 Å². The quantitative estimate of drug-likeness (QED) is 0.414. The summed E-state index contributed by atoms with van der Waals surface area (Å²) in [5.74, 6) is 0.0542. The molecule has 0 unspecified atom stereocenters. The van der Waals surface area contributed by atoms with Crippen molar-refractivity contribution < 1.29 is 4.79 Å². The van der Waals surface area contributed by atoms with E-state index >= 15 is 0 Å². The monoisotopic (exact) mass is 454 g/mol. The number of hydrogen-bond acceptors (Lipinski definition) is 6. The minimum atomic E-state index is 0.0542. The minimum absolute atomic E-state index is 0.0542. The van der Waals surface area contributed by atoms with Crippen molar-refractivity contribution in [3.8, 4) is 10.6 Å². The molecule has 1 aliphatic rings. The summed E-state index contributed by atoms with van der Waals surface area (Å²) in [5.41, 5.74) is 2.30. The summed E-state index contributed by atoms with van der Waals surface area (Å²) in [5, 5.41) is 3.90. The maximum atomic E-state index is 13.6. The van der Waals surface area contributed by atoms with Gasteiger partial charge < -0.3 is 9.80 Å². The summed E-state index contributed by atoms with van der Waals surface area (Å²) >= 11 is 9.25. The normalized spacial score (nSPS) is 14.8. The molecule has 3 aromatic heterocycles. The van der Waals surface area contributed by atoms with Crippen LogP contribution in [0, 0.1) is 0 Å². The predicted octanol–water partition coefficient (Wildman–Crippen LogP) is 5.43. The second-order valence-electron chi connectivity index (χ2n) is 7.12. The highest BCUT2D eigenvalue weighted by Gasteiger charge is 2.24. The first-order valence-electron chi connectivity index (χ1n) is 9.78. The lowest BCUT2D eigenvalue weighted by molar-refractivity contribution is 0.0769. The van der Waals surface area contributed by atoms with Crippen LogP contribution in [0.5, 0.6) is 0 Å². The van der Waals surface area contributed by atoms with Crippen molar-refractivity contribution in [3.63, 3.8) is 0 Å². The first-order chi connectivity index (χ1) is 14.7. The lowest BCUT2D eigenvalue weighted by atomic mass is 10.1. The Bertz CT molecular complexity index is 1190. The van der Waals surface area contributed by atoms with E-state index in [2.05, 4.69) is 9.88 Å². The Kier molecular flexibility index (Phi) is 5.41. The Hall–Kier alpha value is -2.48. The molecule has 0 saturated carbocycles. The maximum Gasteiger partial charge on any atom is 0.254 e. The number of para-hydroxylation sites is 1. The molecular formula is C22H19ClN4OS2. The summed E-state index contributed by atoms with van der Waals surface area (Å²) in [7, 11) is 0. The van der Waals surface area contributed by atoms with E-state index in [0.717, 1.165) is 52.7 Å². The van der Waals surface area contributed by atoms with Gasteiger partial charge in [0.2, 0.25) is 0 Å². The van der Waals surface area contributed by atoms with Crippen LogP contribution in [0.1, 0.15) is 16.8 Å². The molecule has 1 saturated heterocycles. The first kappa shape index (κ1) is 19.5. The molecule has 152 valence electrons. The van der Waals surface area contributed by atoms with E-state index in [1.165, 1.54) is 11.3 Å². The highest BCUT2D eigenvalue weighted by atomic mass is 35.5. The van der Waals surface area contributed by atoms with Gasteiger partial charge in [0.15, 0.2) is 5.13 Å². The summed E-state index contributed by atoms with van der Waals surface area (Å²) < 4.78 is 0.711. The van der Waals surface area contributed by atoms with Gasteiger partial charge in [-0.05, 0) is 30.7 Å². The number of thiazole rings is 1. The largest absolute Gasteiger partial charge is 0.346 e. The lowest BCUT2D eigenvalue weighted by Crippen LogP contribution is -2.35. The number of pyridine rings is 1. The summed E-state index contributed by atoms with van der Waals surface area (Å²) in [6, 6.07) is 13.6. The molecule has 5 nitrogen and oxygen atoms in total. The van der Waals surface area contributed by atoms with Crippen molar-refractivity contribution in [2.24, 2.45) is 0 Å². The van der Waals surface area contributed by atoms with E-state index < -0.39 is 0 Å². The highest BCUT2D eigenvalue weighted by Crippen LogP contribution is 2.32. The van der Waals surface area contributed by atoms with E-state index in [4.69, 9.17) is 16.6 Å². The highest BCUT2D eigenvalue weighted by molar-refractivity contribution is 7.19. The molecule has 1 aromatic carbocycles. The molecule has 0 bridgehead atoms. The fraction of sp³-hybridized carbons (Fsp3) is 0.227. The molecule has 1 aliphatic heterocycles. The smallest absolute Gasteiger partial charge is 0.254 e. The molecule has 0 radical (unpaired) electrons. The van der Waals surface area contributed by atoms with Gasteiger partial charge in [-0.3, -0.25) is 4.79 Å². The average Bonchev–Trinajstić information content (AvgIpc) is 3.40. The molecule has 0 atom stereocenters. The molecule has 30 heavy (non-hydrogen) atoms. The van der Waals surface area contributed by atoms with Crippen LogP contribution in [0.2, 0.25) is 4.34 Å². The third kappa shape index (κ3) is 3.80. The number of benzene rings is 1. The number of hydrogen-bond donors (Lipinski definition) is 0. The zero-order valence-electron chi connectivity index (χ0n) is 16.1. The molecule has 8 heteroatoms. The zero-order valence-corrected chi connectivity index (χ0v) is 18.5. The Balaban J connectivity index is 1.48. The van der Waals surface area contributed by atoms with Gasteiger partial charge in [0, 0.05) is 43.1 Å². The lowest BCUT2D eigenvalue weighted by Gasteiger charge is -2.22. The Morgan fingerprint density at radius 2 is 1.97 bits per heavy atom. The van der Waals surface area contributed by atoms with E-state index in [-0.39, 0.29) is 5.91 Å². The van der Waals surface area contributed by atoms with Gasteiger partial charge in [-0.15, -0.1) is 22.7 Å². The van der Waals surface area contributed by atoms with E-state index in [1.54, 1.807) is 11.3 Å². The van der Waals surface area contributed by atoms with E-state index in [0.29, 0.717) is 16.4 Å². The number of carbonyl (C=O) groups excluding carboxylic acids is 1. The number of thiophene rings is 1. The van der Waals surface area contributed by atoms with Crippen LogP contribution in [-0.2, 0) is 0 Å². The van der Waals surface area contributed by atoms with Crippen molar-refractivity contribution in [2.45, 2.75) is 6.42 Å². The molecule has 0 N–H and O–H groups in total. The van der Waals surface area contributed by atoms with Crippen LogP contribution in [0.15, 0.2) is 54.0 Å². The minimum Gasteiger partial charge on any atom is -0.346 e. The zero-order chi connectivity index (χ0) is 20.5.